The number of unbranched alkanes of at least 4 members (excludes halogenated alkanes) is 2. The molecule has 0 fully saturated rings. The maximum Gasteiger partial charge on any atom is 0.252 e. The molecule has 0 radical (unpaired) electrons. The van der Waals surface area contributed by atoms with E-state index in [1.54, 1.807) is 6.07 Å². The summed E-state index contributed by atoms with van der Waals surface area (Å²) in [6.45, 7) is 0.600. The Bertz CT molecular complexity index is 441. The van der Waals surface area contributed by atoms with E-state index in [-0.39, 0.29) is 5.91 Å². The minimum absolute atomic E-state index is 0.0960. The van der Waals surface area contributed by atoms with Gasteiger partial charge in [0.1, 0.15) is 0 Å². The van der Waals surface area contributed by atoms with Gasteiger partial charge in [-0.1, -0.05) is 15.9 Å². The first-order chi connectivity index (χ1) is 8.15. The molecule has 1 aromatic rings. The number of carbonyl (C=O) groups excluding carboxylic acids is 1. The lowest BCUT2D eigenvalue weighted by Crippen LogP contribution is -2.24. The zero-order valence-electron chi connectivity index (χ0n) is 9.17. The lowest BCUT2D eigenvalue weighted by Gasteiger charge is -2.06. The summed E-state index contributed by atoms with van der Waals surface area (Å²) in [5.74, 6) is -0.0960. The van der Waals surface area contributed by atoms with Crippen LogP contribution in [0.5, 0.6) is 0 Å². The third-order valence-corrected chi connectivity index (χ3v) is 3.33. The fourth-order valence-corrected chi connectivity index (χ4v) is 2.53. The smallest absolute Gasteiger partial charge is 0.252 e. The van der Waals surface area contributed by atoms with Gasteiger partial charge < -0.3 is 5.32 Å². The Balaban J connectivity index is 2.45. The number of nitrogens with one attached hydrogen (secondary N) is 1. The summed E-state index contributed by atoms with van der Waals surface area (Å²) in [6, 6.07) is 7.51. The van der Waals surface area contributed by atoms with Crippen molar-refractivity contribution in [2.45, 2.75) is 19.3 Å². The van der Waals surface area contributed by atoms with Gasteiger partial charge in [0.25, 0.3) is 5.91 Å². The Morgan fingerprint density at radius 3 is 2.76 bits per heavy atom. The number of carbonyl (C=O) groups is 1. The van der Waals surface area contributed by atoms with Gasteiger partial charge in [-0.3, -0.25) is 4.79 Å². The summed E-state index contributed by atoms with van der Waals surface area (Å²) in [5, 5.41) is 11.2. The molecule has 0 heterocycles. The van der Waals surface area contributed by atoms with Crippen molar-refractivity contribution in [3.05, 3.63) is 32.7 Å². The Labute approximate surface area is 117 Å². The van der Waals surface area contributed by atoms with Crippen LogP contribution in [0, 0.1) is 11.3 Å². The third-order valence-electron chi connectivity index (χ3n) is 2.18. The van der Waals surface area contributed by atoms with Gasteiger partial charge in [0.15, 0.2) is 0 Å². The first-order valence-corrected chi connectivity index (χ1v) is 6.84. The molecule has 1 aromatic carbocycles. The van der Waals surface area contributed by atoms with Crippen LogP contribution in [0.15, 0.2) is 27.1 Å². The highest BCUT2D eigenvalue weighted by Crippen LogP contribution is 2.21. The minimum atomic E-state index is -0.0960. The van der Waals surface area contributed by atoms with Crippen molar-refractivity contribution in [1.82, 2.24) is 5.32 Å². The molecule has 0 aliphatic rings. The van der Waals surface area contributed by atoms with Crippen LogP contribution in [0.1, 0.15) is 29.6 Å². The van der Waals surface area contributed by atoms with Crippen LogP contribution in [0.3, 0.4) is 0 Å². The maximum absolute atomic E-state index is 11.8. The highest BCUT2D eigenvalue weighted by Gasteiger charge is 2.09. The highest BCUT2D eigenvalue weighted by molar-refractivity contribution is 9.11. The van der Waals surface area contributed by atoms with Crippen molar-refractivity contribution in [2.75, 3.05) is 6.54 Å². The third kappa shape index (κ3) is 4.88. The van der Waals surface area contributed by atoms with Gasteiger partial charge in [-0.05, 0) is 47.0 Å². The fraction of sp³-hybridized carbons (Fsp3) is 0.333. The highest BCUT2D eigenvalue weighted by atomic mass is 79.9. The average molecular weight is 360 g/mol. The predicted octanol–water partition coefficient (Wildman–Crippen LogP) is 3.64. The van der Waals surface area contributed by atoms with E-state index in [1.807, 2.05) is 12.1 Å². The molecule has 90 valence electrons. The van der Waals surface area contributed by atoms with Crippen LogP contribution < -0.4 is 5.32 Å². The Kier molecular flexibility index (Phi) is 6.23. The standard InChI is InChI=1S/C12H12Br2N2O/c13-9-4-5-10(11(14)8-9)12(17)16-7-3-1-2-6-15/h4-5,8H,1-3,7H2,(H,16,17). The van der Waals surface area contributed by atoms with Crippen molar-refractivity contribution in [1.29, 1.82) is 5.26 Å². The normalized spacial score (nSPS) is 9.71. The van der Waals surface area contributed by atoms with Gasteiger partial charge >= 0.3 is 0 Å². The average Bonchev–Trinajstić information content (AvgIpc) is 2.28. The van der Waals surface area contributed by atoms with E-state index >= 15 is 0 Å². The molecule has 0 bridgehead atoms. The van der Waals surface area contributed by atoms with Crippen LogP contribution in [0.2, 0.25) is 0 Å². The number of hydrogen-bond donors (Lipinski definition) is 1. The van der Waals surface area contributed by atoms with E-state index < -0.39 is 0 Å². The lowest BCUT2D eigenvalue weighted by atomic mass is 10.2. The second-order valence-corrected chi connectivity index (χ2v) is 5.27. The zero-order chi connectivity index (χ0) is 12.7. The van der Waals surface area contributed by atoms with Crippen LogP contribution in [0.25, 0.3) is 0 Å². The quantitative estimate of drug-likeness (QED) is 0.816. The molecule has 0 aliphatic heterocycles. The van der Waals surface area contributed by atoms with Gasteiger partial charge in [0, 0.05) is 21.9 Å². The van der Waals surface area contributed by atoms with Gasteiger partial charge in [-0.15, -0.1) is 0 Å². The summed E-state index contributed by atoms with van der Waals surface area (Å²) < 4.78 is 1.69. The van der Waals surface area contributed by atoms with Gasteiger partial charge in [0.2, 0.25) is 0 Å². The Morgan fingerprint density at radius 1 is 1.35 bits per heavy atom. The molecule has 3 nitrogen and oxygen atoms in total. The lowest BCUT2D eigenvalue weighted by molar-refractivity contribution is 0.0952. The molecule has 1 amide bonds. The fourth-order valence-electron chi connectivity index (χ4n) is 1.30. The molecule has 1 rings (SSSR count). The van der Waals surface area contributed by atoms with Crippen LogP contribution >= 0.6 is 31.9 Å². The Hall–Kier alpha value is -0.860. The van der Waals surface area contributed by atoms with Crippen LogP contribution in [-0.4, -0.2) is 12.5 Å². The van der Waals surface area contributed by atoms with Crippen molar-refractivity contribution < 1.29 is 4.79 Å². The van der Waals surface area contributed by atoms with Gasteiger partial charge in [-0.25, -0.2) is 0 Å². The SMILES string of the molecule is N#CCCCCNC(=O)c1ccc(Br)cc1Br. The molecule has 5 heteroatoms. The maximum atomic E-state index is 11.8. The molecule has 1 N–H and O–H groups in total. The van der Waals surface area contributed by atoms with Crippen LogP contribution in [0.4, 0.5) is 0 Å². The molecule has 0 saturated carbocycles. The molecule has 17 heavy (non-hydrogen) atoms. The minimum Gasteiger partial charge on any atom is -0.352 e. The predicted molar refractivity (Wildman–Crippen MR) is 73.6 cm³/mol. The number of rotatable bonds is 5. The van der Waals surface area contributed by atoms with Crippen molar-refractivity contribution in [3.63, 3.8) is 0 Å². The number of benzene rings is 1. The molecular weight excluding hydrogens is 348 g/mol. The first kappa shape index (κ1) is 14.2. The van der Waals surface area contributed by atoms with Crippen molar-refractivity contribution in [2.24, 2.45) is 0 Å². The first-order valence-electron chi connectivity index (χ1n) is 5.25. The number of hydrogen-bond acceptors (Lipinski definition) is 2. The topological polar surface area (TPSA) is 52.9 Å². The summed E-state index contributed by atoms with van der Waals surface area (Å²) in [5.41, 5.74) is 0.619. The zero-order valence-corrected chi connectivity index (χ0v) is 12.3. The van der Waals surface area contributed by atoms with E-state index in [0.717, 1.165) is 21.8 Å². The summed E-state index contributed by atoms with van der Waals surface area (Å²) in [7, 11) is 0. The molecule has 0 spiro atoms. The molecule has 0 aliphatic carbocycles. The van der Waals surface area contributed by atoms with Crippen LogP contribution in [-0.2, 0) is 0 Å². The van der Waals surface area contributed by atoms with Gasteiger partial charge in [-0.2, -0.15) is 5.26 Å². The molecule has 0 saturated heterocycles. The molecule has 0 atom stereocenters. The van der Waals surface area contributed by atoms with E-state index in [0.29, 0.717) is 18.5 Å². The number of nitrogens with zero attached hydrogens (tertiary/aromatic N) is 1. The van der Waals surface area contributed by atoms with E-state index in [1.165, 1.54) is 0 Å². The van der Waals surface area contributed by atoms with E-state index in [2.05, 4.69) is 43.2 Å². The molecule has 0 unspecified atom stereocenters. The van der Waals surface area contributed by atoms with E-state index in [9.17, 15) is 4.79 Å². The summed E-state index contributed by atoms with van der Waals surface area (Å²) in [6.07, 6.45) is 2.18. The Morgan fingerprint density at radius 2 is 2.12 bits per heavy atom. The number of amides is 1. The molecule has 0 aromatic heterocycles. The van der Waals surface area contributed by atoms with E-state index in [4.69, 9.17) is 5.26 Å². The monoisotopic (exact) mass is 358 g/mol. The largest absolute Gasteiger partial charge is 0.352 e. The number of halogens is 2. The second-order valence-electron chi connectivity index (χ2n) is 3.50. The van der Waals surface area contributed by atoms with Crippen molar-refractivity contribution in [3.8, 4) is 6.07 Å². The van der Waals surface area contributed by atoms with Crippen molar-refractivity contribution >= 4 is 37.8 Å². The number of nitriles is 1. The second kappa shape index (κ2) is 7.46. The molecular formula is C12H12Br2N2O. The summed E-state index contributed by atoms with van der Waals surface area (Å²) in [4.78, 5) is 11.8. The summed E-state index contributed by atoms with van der Waals surface area (Å²) >= 11 is 6.68. The van der Waals surface area contributed by atoms with Gasteiger partial charge in [0.05, 0.1) is 11.6 Å².